The minimum absolute atomic E-state index is 0.0150. The van der Waals surface area contributed by atoms with Crippen molar-refractivity contribution in [2.24, 2.45) is 10.8 Å². The number of carbonyl (C=O) groups excluding carboxylic acids is 1. The third-order valence-corrected chi connectivity index (χ3v) is 7.01. The lowest BCUT2D eigenvalue weighted by atomic mass is 9.87. The van der Waals surface area contributed by atoms with E-state index in [0.717, 1.165) is 23.2 Å². The normalized spacial score (nSPS) is 18.1. The van der Waals surface area contributed by atoms with Crippen molar-refractivity contribution < 1.29 is 36.6 Å². The molecule has 41 heavy (non-hydrogen) atoms. The Morgan fingerprint density at radius 1 is 1.00 bits per heavy atom. The van der Waals surface area contributed by atoms with Crippen molar-refractivity contribution in [2.45, 2.75) is 37.0 Å². The van der Waals surface area contributed by atoms with Crippen LogP contribution in [0.4, 0.5) is 17.6 Å². The Morgan fingerprint density at radius 3 is 2.37 bits per heavy atom. The molecule has 0 saturated heterocycles. The summed E-state index contributed by atoms with van der Waals surface area (Å²) in [5.41, 5.74) is 2.66. The summed E-state index contributed by atoms with van der Waals surface area (Å²) in [6.45, 7) is 0.253. The molecule has 2 atom stereocenters. The Bertz CT molecular complexity index is 1420. The fourth-order valence-corrected chi connectivity index (χ4v) is 4.90. The van der Waals surface area contributed by atoms with Gasteiger partial charge in [0.05, 0.1) is 5.56 Å². The van der Waals surface area contributed by atoms with Crippen LogP contribution in [0.15, 0.2) is 71.8 Å². The SMILES string of the molecule is COCC[C@](Cc1cccc(F)c1)(OC)C(=O)N1N=C(c2cc(F)ccc2F)O[C@@]1(CCCN)c1cccc(F)c1. The van der Waals surface area contributed by atoms with E-state index in [0.29, 0.717) is 5.56 Å². The van der Waals surface area contributed by atoms with Gasteiger partial charge in [0.1, 0.15) is 23.3 Å². The van der Waals surface area contributed by atoms with Crippen LogP contribution in [0.1, 0.15) is 36.0 Å². The fraction of sp³-hybridized carbons (Fsp3) is 0.333. The number of carbonyl (C=O) groups is 1. The number of rotatable bonds is 12. The van der Waals surface area contributed by atoms with Crippen LogP contribution in [0.5, 0.6) is 0 Å². The number of ether oxygens (including phenoxy) is 3. The van der Waals surface area contributed by atoms with Crippen molar-refractivity contribution in [3.8, 4) is 0 Å². The molecule has 3 aromatic carbocycles. The van der Waals surface area contributed by atoms with Gasteiger partial charge in [0, 0.05) is 45.7 Å². The van der Waals surface area contributed by atoms with Crippen LogP contribution >= 0.6 is 0 Å². The van der Waals surface area contributed by atoms with Crippen LogP contribution in [0.25, 0.3) is 0 Å². The predicted molar refractivity (Wildman–Crippen MR) is 144 cm³/mol. The Kier molecular flexibility index (Phi) is 9.42. The van der Waals surface area contributed by atoms with Gasteiger partial charge >= 0.3 is 0 Å². The molecule has 0 radical (unpaired) electrons. The topological polar surface area (TPSA) is 86.4 Å². The highest BCUT2D eigenvalue weighted by atomic mass is 19.1. The van der Waals surface area contributed by atoms with Crippen LogP contribution < -0.4 is 5.73 Å². The molecule has 7 nitrogen and oxygen atoms in total. The molecule has 3 aromatic rings. The summed E-state index contributed by atoms with van der Waals surface area (Å²) in [4.78, 5) is 14.6. The molecule has 4 rings (SSSR count). The maximum atomic E-state index is 14.9. The third kappa shape index (κ3) is 6.27. The molecule has 0 saturated carbocycles. The first kappa shape index (κ1) is 30.2. The van der Waals surface area contributed by atoms with E-state index in [1.165, 1.54) is 56.7 Å². The molecule has 0 aliphatic carbocycles. The molecule has 0 fully saturated rings. The zero-order valence-electron chi connectivity index (χ0n) is 22.7. The van der Waals surface area contributed by atoms with Gasteiger partial charge in [0.15, 0.2) is 5.60 Å². The van der Waals surface area contributed by atoms with Crippen molar-refractivity contribution in [3.63, 3.8) is 0 Å². The highest BCUT2D eigenvalue weighted by molar-refractivity contribution is 5.98. The lowest BCUT2D eigenvalue weighted by molar-refractivity contribution is -0.177. The molecule has 218 valence electrons. The van der Waals surface area contributed by atoms with E-state index in [1.54, 1.807) is 6.07 Å². The summed E-state index contributed by atoms with van der Waals surface area (Å²) < 4.78 is 75.1. The van der Waals surface area contributed by atoms with E-state index in [2.05, 4.69) is 5.10 Å². The molecule has 0 spiro atoms. The van der Waals surface area contributed by atoms with Gasteiger partial charge < -0.3 is 19.9 Å². The Morgan fingerprint density at radius 2 is 1.71 bits per heavy atom. The third-order valence-electron chi connectivity index (χ3n) is 7.01. The van der Waals surface area contributed by atoms with E-state index in [1.807, 2.05) is 0 Å². The lowest BCUT2D eigenvalue weighted by Crippen LogP contribution is -2.56. The first-order valence-corrected chi connectivity index (χ1v) is 13.0. The molecule has 11 heteroatoms. The van der Waals surface area contributed by atoms with Gasteiger partial charge in [-0.1, -0.05) is 24.3 Å². The standard InChI is InChI=1S/C30H31F4N3O4/c1-39-15-13-29(40-2,19-20-6-3-8-22(31)16-20)28(38)37-30(12-5-14-35,21-7-4-9-23(32)17-21)41-27(36-37)25-18-24(33)10-11-26(25)34/h3-4,6-11,16-18H,5,12-15,19,35H2,1-2H3/t29-,30+/m1/s1. The zero-order chi connectivity index (χ0) is 29.6. The largest absolute Gasteiger partial charge is 0.443 e. The maximum absolute atomic E-state index is 14.9. The first-order valence-electron chi connectivity index (χ1n) is 13.0. The second-order valence-corrected chi connectivity index (χ2v) is 9.68. The fourth-order valence-electron chi connectivity index (χ4n) is 4.90. The van der Waals surface area contributed by atoms with Gasteiger partial charge in [-0.25, -0.2) is 17.6 Å². The van der Waals surface area contributed by atoms with Gasteiger partial charge in [-0.05, 0) is 61.0 Å². The first-order chi connectivity index (χ1) is 19.7. The zero-order valence-corrected chi connectivity index (χ0v) is 22.7. The number of hydrogen-bond donors (Lipinski definition) is 1. The molecule has 0 bridgehead atoms. The van der Waals surface area contributed by atoms with Crippen molar-refractivity contribution >= 4 is 11.8 Å². The van der Waals surface area contributed by atoms with Crippen LogP contribution in [0, 0.1) is 23.3 Å². The number of nitrogens with zero attached hydrogens (tertiary/aromatic N) is 2. The average Bonchev–Trinajstić information content (AvgIpc) is 3.35. The smallest absolute Gasteiger partial charge is 0.279 e. The minimum atomic E-state index is -1.80. The van der Waals surface area contributed by atoms with Crippen LogP contribution in [0.2, 0.25) is 0 Å². The highest BCUT2D eigenvalue weighted by Crippen LogP contribution is 2.43. The molecular formula is C30H31F4N3O4. The molecule has 1 aliphatic heterocycles. The van der Waals surface area contributed by atoms with Gasteiger partial charge in [-0.15, -0.1) is 5.10 Å². The van der Waals surface area contributed by atoms with Crippen LogP contribution in [-0.4, -0.2) is 49.8 Å². The second-order valence-electron chi connectivity index (χ2n) is 9.68. The number of nitrogens with two attached hydrogens (primary N) is 1. The summed E-state index contributed by atoms with van der Waals surface area (Å²) in [5, 5.41) is 5.35. The minimum Gasteiger partial charge on any atom is -0.443 e. The van der Waals surface area contributed by atoms with E-state index >= 15 is 0 Å². The lowest BCUT2D eigenvalue weighted by Gasteiger charge is -2.40. The Balaban J connectivity index is 1.92. The van der Waals surface area contributed by atoms with Crippen LogP contribution in [0.3, 0.4) is 0 Å². The summed E-state index contributed by atoms with van der Waals surface area (Å²) in [6, 6.07) is 13.8. The van der Waals surface area contributed by atoms with Gasteiger partial charge in [0.25, 0.3) is 5.91 Å². The van der Waals surface area contributed by atoms with Crippen molar-refractivity contribution in [1.29, 1.82) is 0 Å². The number of hydrazone groups is 1. The van der Waals surface area contributed by atoms with Crippen LogP contribution in [-0.2, 0) is 31.2 Å². The summed E-state index contributed by atoms with van der Waals surface area (Å²) in [7, 11) is 2.78. The monoisotopic (exact) mass is 573 g/mol. The van der Waals surface area contributed by atoms with Gasteiger partial charge in [-0.2, -0.15) is 5.01 Å². The van der Waals surface area contributed by atoms with Crippen molar-refractivity contribution in [1.82, 2.24) is 5.01 Å². The van der Waals surface area contributed by atoms with Gasteiger partial charge in [-0.3, -0.25) is 4.79 Å². The van der Waals surface area contributed by atoms with E-state index in [-0.39, 0.29) is 55.9 Å². The summed E-state index contributed by atoms with van der Waals surface area (Å²) >= 11 is 0. The number of amides is 1. The second kappa shape index (κ2) is 12.8. The molecule has 0 unspecified atom stereocenters. The van der Waals surface area contributed by atoms with E-state index in [4.69, 9.17) is 19.9 Å². The quantitative estimate of drug-likeness (QED) is 0.308. The number of halogens is 4. The maximum Gasteiger partial charge on any atom is 0.279 e. The molecule has 2 N–H and O–H groups in total. The Labute approximate surface area is 235 Å². The van der Waals surface area contributed by atoms with Crippen molar-refractivity contribution in [2.75, 3.05) is 27.4 Å². The number of benzene rings is 3. The number of hydrogen-bond acceptors (Lipinski definition) is 6. The molecule has 1 amide bonds. The Hall–Kier alpha value is -3.80. The van der Waals surface area contributed by atoms with Gasteiger partial charge in [0.2, 0.25) is 11.6 Å². The molecule has 0 aromatic heterocycles. The summed E-state index contributed by atoms with van der Waals surface area (Å²) in [5.74, 6) is -3.85. The van der Waals surface area contributed by atoms with E-state index < -0.39 is 40.5 Å². The highest BCUT2D eigenvalue weighted by Gasteiger charge is 2.55. The molecule has 1 aliphatic rings. The number of methoxy groups -OCH3 is 2. The molecule has 1 heterocycles. The average molecular weight is 574 g/mol. The predicted octanol–water partition coefficient (Wildman–Crippen LogP) is 5.02. The molecular weight excluding hydrogens is 542 g/mol. The van der Waals surface area contributed by atoms with E-state index in [9.17, 15) is 22.4 Å². The summed E-state index contributed by atoms with van der Waals surface area (Å²) in [6.07, 6.45) is 0.236. The van der Waals surface area contributed by atoms with Crippen molar-refractivity contribution in [3.05, 3.63) is 107 Å².